The van der Waals surface area contributed by atoms with Crippen LogP contribution in [0.1, 0.15) is 65.3 Å². The summed E-state index contributed by atoms with van der Waals surface area (Å²) in [5, 5.41) is 4.96. The Morgan fingerprint density at radius 1 is 0.605 bits per heavy atom. The van der Waals surface area contributed by atoms with Crippen LogP contribution < -0.4 is 0 Å². The zero-order valence-corrected chi connectivity index (χ0v) is 24.0. The minimum Gasteiger partial charge on any atom is -0.260 e. The fourth-order valence-corrected chi connectivity index (χ4v) is 5.49. The summed E-state index contributed by atoms with van der Waals surface area (Å²) in [4.78, 5) is 9.65. The molecule has 3 aromatic carbocycles. The van der Waals surface area contributed by atoms with Gasteiger partial charge in [0.05, 0.1) is 5.69 Å². The molecule has 38 heavy (non-hydrogen) atoms. The molecule has 2 heterocycles. The van der Waals surface area contributed by atoms with Crippen LogP contribution in [0.5, 0.6) is 0 Å². The van der Waals surface area contributed by atoms with Crippen LogP contribution in [0.3, 0.4) is 0 Å². The second-order valence-corrected chi connectivity index (χ2v) is 12.7. The van der Waals surface area contributed by atoms with Crippen LogP contribution in [0.2, 0.25) is 0 Å². The van der Waals surface area contributed by atoms with Gasteiger partial charge in [-0.2, -0.15) is 0 Å². The Morgan fingerprint density at radius 3 is 1.87 bits per heavy atom. The molecule has 0 unspecified atom stereocenters. The molecule has 0 aliphatic heterocycles. The summed E-state index contributed by atoms with van der Waals surface area (Å²) < 4.78 is 0. The van der Waals surface area contributed by atoms with Crippen molar-refractivity contribution in [3.63, 3.8) is 0 Å². The van der Waals surface area contributed by atoms with Gasteiger partial charge in [-0.15, -0.1) is 0 Å². The predicted octanol–water partition coefficient (Wildman–Crippen LogP) is 9.81. The summed E-state index contributed by atoms with van der Waals surface area (Å²) in [6, 6.07) is 24.9. The van der Waals surface area contributed by atoms with Gasteiger partial charge in [0.2, 0.25) is 0 Å². The van der Waals surface area contributed by atoms with E-state index in [1.165, 1.54) is 43.8 Å². The van der Waals surface area contributed by atoms with Crippen LogP contribution >= 0.6 is 0 Å². The van der Waals surface area contributed by atoms with Gasteiger partial charge in [0.25, 0.3) is 0 Å². The fraction of sp³-hybridized carbons (Fsp3) is 0.333. The third kappa shape index (κ3) is 5.50. The maximum atomic E-state index is 4.91. The van der Waals surface area contributed by atoms with E-state index in [4.69, 9.17) is 9.97 Å². The molecule has 0 radical (unpaired) electrons. The summed E-state index contributed by atoms with van der Waals surface area (Å²) in [6.45, 7) is 15.8. The molecule has 2 nitrogen and oxygen atoms in total. The van der Waals surface area contributed by atoms with Gasteiger partial charge < -0.3 is 0 Å². The van der Waals surface area contributed by atoms with Crippen LogP contribution in [0.25, 0.3) is 43.9 Å². The number of fused-ring (bicyclic) bond motifs is 3. The van der Waals surface area contributed by atoms with E-state index in [9.17, 15) is 0 Å². The molecule has 0 amide bonds. The molecule has 5 rings (SSSR count). The topological polar surface area (TPSA) is 25.8 Å². The lowest BCUT2D eigenvalue weighted by atomic mass is 9.90. The summed E-state index contributed by atoms with van der Waals surface area (Å²) >= 11 is 0. The highest BCUT2D eigenvalue weighted by molar-refractivity contribution is 6.11. The van der Waals surface area contributed by atoms with Crippen molar-refractivity contribution in [1.82, 2.24) is 9.97 Å². The molecule has 0 aliphatic carbocycles. The fourth-order valence-electron chi connectivity index (χ4n) is 5.49. The van der Waals surface area contributed by atoms with E-state index in [0.717, 1.165) is 29.8 Å². The minimum absolute atomic E-state index is 0.0520. The van der Waals surface area contributed by atoms with Gasteiger partial charge >= 0.3 is 0 Å². The second kappa shape index (κ2) is 10.3. The maximum Gasteiger partial charge on any atom is 0.0780 e. The Bertz CT molecular complexity index is 1560. The normalized spacial score (nSPS) is 12.2. The van der Waals surface area contributed by atoms with Gasteiger partial charge in [0.1, 0.15) is 0 Å². The van der Waals surface area contributed by atoms with E-state index >= 15 is 0 Å². The Kier molecular flexibility index (Phi) is 7.09. The first-order chi connectivity index (χ1) is 18.1. The lowest BCUT2D eigenvalue weighted by molar-refractivity contribution is 0.569. The zero-order valence-electron chi connectivity index (χ0n) is 24.0. The van der Waals surface area contributed by atoms with E-state index in [0.29, 0.717) is 11.8 Å². The van der Waals surface area contributed by atoms with E-state index in [1.54, 1.807) is 0 Å². The van der Waals surface area contributed by atoms with Crippen LogP contribution in [-0.4, -0.2) is 9.97 Å². The zero-order chi connectivity index (χ0) is 27.0. The molecule has 5 aromatic rings. The first-order valence-electron chi connectivity index (χ1n) is 14.0. The number of benzene rings is 3. The molecular formula is C36H40N2. The van der Waals surface area contributed by atoms with Crippen molar-refractivity contribution in [1.29, 1.82) is 0 Å². The standard InChI is InChI=1S/C36H40N2/c1-23(2)16-25-18-26(17-24(3)4)20-30(19-25)35-33-12-9-28-21-27(8-11-31(28)32(33)14-15-37-35)29-10-13-34(38-22-29)36(5,6)7/h8-15,18-24H,16-17H2,1-7H3. The number of nitrogens with zero attached hydrogens (tertiary/aromatic N) is 2. The molecule has 0 atom stereocenters. The number of rotatable bonds is 6. The number of pyridine rings is 2. The van der Waals surface area contributed by atoms with Crippen molar-refractivity contribution in [2.45, 2.75) is 66.7 Å². The van der Waals surface area contributed by atoms with E-state index < -0.39 is 0 Å². The Labute approximate surface area is 228 Å². The summed E-state index contributed by atoms with van der Waals surface area (Å²) in [5.41, 5.74) is 8.62. The molecule has 2 heteroatoms. The van der Waals surface area contributed by atoms with Crippen LogP contribution in [0.15, 0.2) is 79.1 Å². The van der Waals surface area contributed by atoms with Crippen LogP contribution in [0.4, 0.5) is 0 Å². The highest BCUT2D eigenvalue weighted by atomic mass is 14.7. The van der Waals surface area contributed by atoms with Crippen molar-refractivity contribution >= 4 is 21.5 Å². The average Bonchev–Trinajstić information content (AvgIpc) is 2.86. The Hall–Kier alpha value is -3.52. The van der Waals surface area contributed by atoms with Gasteiger partial charge in [-0.25, -0.2) is 0 Å². The van der Waals surface area contributed by atoms with Crippen molar-refractivity contribution < 1.29 is 0 Å². The second-order valence-electron chi connectivity index (χ2n) is 12.7. The number of aromatic nitrogens is 2. The highest BCUT2D eigenvalue weighted by Gasteiger charge is 2.16. The van der Waals surface area contributed by atoms with Crippen molar-refractivity contribution in [3.8, 4) is 22.4 Å². The molecule has 2 aromatic heterocycles. The Morgan fingerprint density at radius 2 is 1.26 bits per heavy atom. The van der Waals surface area contributed by atoms with Crippen LogP contribution in [-0.2, 0) is 18.3 Å². The van der Waals surface area contributed by atoms with Gasteiger partial charge in [0.15, 0.2) is 0 Å². The van der Waals surface area contributed by atoms with Crippen LogP contribution in [0, 0.1) is 11.8 Å². The maximum absolute atomic E-state index is 4.91. The largest absolute Gasteiger partial charge is 0.260 e. The molecule has 0 saturated carbocycles. The van der Waals surface area contributed by atoms with Crippen molar-refractivity contribution in [3.05, 3.63) is 95.9 Å². The molecule has 0 aliphatic rings. The average molecular weight is 501 g/mol. The third-order valence-corrected chi connectivity index (χ3v) is 7.24. The summed E-state index contributed by atoms with van der Waals surface area (Å²) in [6.07, 6.45) is 6.14. The predicted molar refractivity (Wildman–Crippen MR) is 164 cm³/mol. The quantitative estimate of drug-likeness (QED) is 0.217. The lowest BCUT2D eigenvalue weighted by Gasteiger charge is -2.17. The molecule has 0 N–H and O–H groups in total. The smallest absolute Gasteiger partial charge is 0.0780 e. The molecule has 0 bridgehead atoms. The summed E-state index contributed by atoms with van der Waals surface area (Å²) in [5.74, 6) is 1.24. The minimum atomic E-state index is 0.0520. The summed E-state index contributed by atoms with van der Waals surface area (Å²) in [7, 11) is 0. The van der Waals surface area contributed by atoms with Gasteiger partial charge in [-0.1, -0.05) is 84.9 Å². The number of hydrogen-bond donors (Lipinski definition) is 0. The monoisotopic (exact) mass is 500 g/mol. The molecule has 194 valence electrons. The lowest BCUT2D eigenvalue weighted by Crippen LogP contribution is -2.12. The third-order valence-electron chi connectivity index (χ3n) is 7.24. The van der Waals surface area contributed by atoms with Crippen molar-refractivity contribution in [2.75, 3.05) is 0 Å². The highest BCUT2D eigenvalue weighted by Crippen LogP contribution is 2.35. The van der Waals surface area contributed by atoms with Gasteiger partial charge in [-0.05, 0) is 87.9 Å². The first kappa shape index (κ1) is 26.1. The Balaban J connectivity index is 1.59. The SMILES string of the molecule is CC(C)Cc1cc(CC(C)C)cc(-c2nccc3c2ccc2cc(-c4ccc(C(C)(C)C)nc4)ccc23)c1. The van der Waals surface area contributed by atoms with E-state index in [2.05, 4.69) is 115 Å². The van der Waals surface area contributed by atoms with Crippen molar-refractivity contribution in [2.24, 2.45) is 11.8 Å². The van der Waals surface area contributed by atoms with E-state index in [-0.39, 0.29) is 5.41 Å². The van der Waals surface area contributed by atoms with Gasteiger partial charge in [-0.3, -0.25) is 9.97 Å². The number of hydrogen-bond acceptors (Lipinski definition) is 2. The molecular weight excluding hydrogens is 460 g/mol. The molecule has 0 spiro atoms. The first-order valence-corrected chi connectivity index (χ1v) is 14.0. The molecule has 0 saturated heterocycles. The van der Waals surface area contributed by atoms with Gasteiger partial charge in [0, 0.05) is 40.0 Å². The van der Waals surface area contributed by atoms with E-state index in [1.807, 2.05) is 12.4 Å². The molecule has 0 fully saturated rings.